The van der Waals surface area contributed by atoms with Gasteiger partial charge in [-0.1, -0.05) is 20.3 Å². The van der Waals surface area contributed by atoms with Crippen molar-refractivity contribution in [3.63, 3.8) is 0 Å². The van der Waals surface area contributed by atoms with Crippen molar-refractivity contribution in [1.82, 2.24) is 10.2 Å². The second kappa shape index (κ2) is 6.72. The summed E-state index contributed by atoms with van der Waals surface area (Å²) in [6.07, 6.45) is 4.99. The number of nitrogens with zero attached hydrogens (tertiary/aromatic N) is 1. The van der Waals surface area contributed by atoms with Crippen molar-refractivity contribution in [2.45, 2.75) is 58.0 Å². The van der Waals surface area contributed by atoms with Crippen molar-refractivity contribution in [2.24, 2.45) is 5.92 Å². The molecule has 2 unspecified atom stereocenters. The van der Waals surface area contributed by atoms with Crippen LogP contribution >= 0.6 is 0 Å². The van der Waals surface area contributed by atoms with Gasteiger partial charge in [0.15, 0.2) is 0 Å². The number of likely N-dealkylation sites (N-methyl/N-ethyl adjacent to an activating group) is 2. The van der Waals surface area contributed by atoms with Crippen molar-refractivity contribution < 1.29 is 5.11 Å². The second-order valence-electron chi connectivity index (χ2n) is 5.67. The molecule has 1 rings (SSSR count). The maximum absolute atomic E-state index is 9.79. The number of aliphatic hydroxyl groups excluding tert-OH is 1. The van der Waals surface area contributed by atoms with Crippen LogP contribution in [0.15, 0.2) is 0 Å². The quantitative estimate of drug-likeness (QED) is 0.648. The SMILES string of the molecule is CCCC(C)N(C)CC(CO)(NCC)C1CC1. The van der Waals surface area contributed by atoms with E-state index in [9.17, 15) is 5.11 Å². The maximum atomic E-state index is 9.79. The molecule has 0 radical (unpaired) electrons. The summed E-state index contributed by atoms with van der Waals surface area (Å²) in [5.41, 5.74) is -0.0640. The molecule has 102 valence electrons. The Morgan fingerprint density at radius 1 is 1.41 bits per heavy atom. The van der Waals surface area contributed by atoms with E-state index in [4.69, 9.17) is 0 Å². The summed E-state index contributed by atoms with van der Waals surface area (Å²) in [7, 11) is 2.18. The summed E-state index contributed by atoms with van der Waals surface area (Å²) in [5, 5.41) is 13.3. The first-order chi connectivity index (χ1) is 8.09. The third-order valence-electron chi connectivity index (χ3n) is 4.16. The predicted octanol–water partition coefficient (Wildman–Crippen LogP) is 1.86. The van der Waals surface area contributed by atoms with Crippen molar-refractivity contribution in [1.29, 1.82) is 0 Å². The average Bonchev–Trinajstić information content (AvgIpc) is 3.12. The second-order valence-corrected chi connectivity index (χ2v) is 5.67. The standard InChI is InChI=1S/C14H30N2O/c1-5-7-12(3)16(4)10-14(11-17,15-6-2)13-8-9-13/h12-13,15,17H,5-11H2,1-4H3. The van der Waals surface area contributed by atoms with Gasteiger partial charge in [-0.15, -0.1) is 0 Å². The first-order valence-corrected chi connectivity index (χ1v) is 7.15. The van der Waals surface area contributed by atoms with Gasteiger partial charge in [0.1, 0.15) is 0 Å². The molecule has 0 aliphatic heterocycles. The molecule has 3 nitrogen and oxygen atoms in total. The molecule has 0 amide bonds. The zero-order valence-electron chi connectivity index (χ0n) is 12.0. The Labute approximate surface area is 107 Å². The van der Waals surface area contributed by atoms with Crippen LogP contribution in [0.1, 0.15) is 46.5 Å². The average molecular weight is 242 g/mol. The lowest BCUT2D eigenvalue weighted by Gasteiger charge is -2.39. The Kier molecular flexibility index (Phi) is 5.90. The minimum absolute atomic E-state index is 0.0640. The van der Waals surface area contributed by atoms with E-state index in [-0.39, 0.29) is 12.1 Å². The number of hydrogen-bond donors (Lipinski definition) is 2. The van der Waals surface area contributed by atoms with Crippen LogP contribution in [0.4, 0.5) is 0 Å². The highest BCUT2D eigenvalue weighted by Crippen LogP contribution is 2.40. The van der Waals surface area contributed by atoms with Crippen LogP contribution in [-0.2, 0) is 0 Å². The zero-order valence-corrected chi connectivity index (χ0v) is 12.0. The lowest BCUT2D eigenvalue weighted by Crippen LogP contribution is -2.58. The molecule has 1 aliphatic rings. The van der Waals surface area contributed by atoms with E-state index in [0.29, 0.717) is 12.0 Å². The third kappa shape index (κ3) is 3.94. The molecule has 0 aromatic carbocycles. The lowest BCUT2D eigenvalue weighted by atomic mass is 9.92. The predicted molar refractivity (Wildman–Crippen MR) is 73.2 cm³/mol. The van der Waals surface area contributed by atoms with E-state index in [1.54, 1.807) is 0 Å². The molecule has 3 heteroatoms. The molecule has 1 saturated carbocycles. The Morgan fingerprint density at radius 2 is 2.06 bits per heavy atom. The van der Waals surface area contributed by atoms with Gasteiger partial charge in [-0.2, -0.15) is 0 Å². The monoisotopic (exact) mass is 242 g/mol. The Balaban J connectivity index is 2.58. The normalized spacial score (nSPS) is 21.5. The first kappa shape index (κ1) is 14.9. The van der Waals surface area contributed by atoms with Gasteiger partial charge in [0, 0.05) is 12.6 Å². The molecule has 0 aromatic rings. The van der Waals surface area contributed by atoms with E-state index in [1.165, 1.54) is 25.7 Å². The van der Waals surface area contributed by atoms with E-state index in [2.05, 4.69) is 38.0 Å². The van der Waals surface area contributed by atoms with E-state index in [0.717, 1.165) is 13.1 Å². The summed E-state index contributed by atoms with van der Waals surface area (Å²) in [6, 6.07) is 0.600. The van der Waals surface area contributed by atoms with Crippen molar-refractivity contribution in [3.8, 4) is 0 Å². The zero-order chi connectivity index (χ0) is 12.9. The van der Waals surface area contributed by atoms with Gasteiger partial charge in [-0.3, -0.25) is 0 Å². The molecule has 1 aliphatic carbocycles. The fourth-order valence-corrected chi connectivity index (χ4v) is 2.79. The van der Waals surface area contributed by atoms with Gasteiger partial charge < -0.3 is 15.3 Å². The van der Waals surface area contributed by atoms with Gasteiger partial charge in [-0.05, 0) is 45.7 Å². The summed E-state index contributed by atoms with van der Waals surface area (Å²) >= 11 is 0. The Hall–Kier alpha value is -0.120. The fraction of sp³-hybridized carbons (Fsp3) is 1.00. The fourth-order valence-electron chi connectivity index (χ4n) is 2.79. The van der Waals surface area contributed by atoms with Gasteiger partial charge in [-0.25, -0.2) is 0 Å². The first-order valence-electron chi connectivity index (χ1n) is 7.15. The number of hydrogen-bond acceptors (Lipinski definition) is 3. The summed E-state index contributed by atoms with van der Waals surface area (Å²) < 4.78 is 0. The molecule has 2 N–H and O–H groups in total. The highest BCUT2D eigenvalue weighted by molar-refractivity contribution is 5.02. The molecule has 0 aromatic heterocycles. The highest BCUT2D eigenvalue weighted by Gasteiger charge is 2.45. The van der Waals surface area contributed by atoms with Crippen LogP contribution in [0.3, 0.4) is 0 Å². The van der Waals surface area contributed by atoms with Crippen molar-refractivity contribution >= 4 is 0 Å². The third-order valence-corrected chi connectivity index (χ3v) is 4.16. The molecule has 2 atom stereocenters. The molecule has 0 bridgehead atoms. The van der Waals surface area contributed by atoms with Crippen molar-refractivity contribution in [3.05, 3.63) is 0 Å². The Bertz CT molecular complexity index is 218. The molecular formula is C14H30N2O. The largest absolute Gasteiger partial charge is 0.394 e. The van der Waals surface area contributed by atoms with Crippen LogP contribution in [0, 0.1) is 5.92 Å². The Morgan fingerprint density at radius 3 is 2.47 bits per heavy atom. The summed E-state index contributed by atoms with van der Waals surface area (Å²) in [5.74, 6) is 0.670. The molecule has 0 spiro atoms. The minimum Gasteiger partial charge on any atom is -0.394 e. The molecule has 17 heavy (non-hydrogen) atoms. The molecule has 0 saturated heterocycles. The van der Waals surface area contributed by atoms with Crippen LogP contribution in [0.25, 0.3) is 0 Å². The van der Waals surface area contributed by atoms with Crippen LogP contribution in [-0.4, -0.2) is 48.3 Å². The topological polar surface area (TPSA) is 35.5 Å². The molecular weight excluding hydrogens is 212 g/mol. The van der Waals surface area contributed by atoms with Crippen LogP contribution in [0.5, 0.6) is 0 Å². The van der Waals surface area contributed by atoms with Gasteiger partial charge >= 0.3 is 0 Å². The van der Waals surface area contributed by atoms with Crippen LogP contribution in [0.2, 0.25) is 0 Å². The number of aliphatic hydroxyl groups is 1. The summed E-state index contributed by atoms with van der Waals surface area (Å²) in [4.78, 5) is 2.40. The highest BCUT2D eigenvalue weighted by atomic mass is 16.3. The maximum Gasteiger partial charge on any atom is 0.0628 e. The summed E-state index contributed by atoms with van der Waals surface area (Å²) in [6.45, 7) is 8.80. The number of nitrogens with one attached hydrogen (secondary N) is 1. The van der Waals surface area contributed by atoms with Gasteiger partial charge in [0.25, 0.3) is 0 Å². The smallest absolute Gasteiger partial charge is 0.0628 e. The van der Waals surface area contributed by atoms with Crippen LogP contribution < -0.4 is 5.32 Å². The molecule has 1 fully saturated rings. The van der Waals surface area contributed by atoms with E-state index >= 15 is 0 Å². The minimum atomic E-state index is -0.0640. The van der Waals surface area contributed by atoms with Gasteiger partial charge in [0.05, 0.1) is 12.1 Å². The van der Waals surface area contributed by atoms with E-state index in [1.807, 2.05) is 0 Å². The van der Waals surface area contributed by atoms with Gasteiger partial charge in [0.2, 0.25) is 0 Å². The molecule has 0 heterocycles. The lowest BCUT2D eigenvalue weighted by molar-refractivity contribution is 0.0862. The van der Waals surface area contributed by atoms with Crippen molar-refractivity contribution in [2.75, 3.05) is 26.7 Å². The number of rotatable bonds is 9. The van der Waals surface area contributed by atoms with E-state index < -0.39 is 0 Å².